The van der Waals surface area contributed by atoms with E-state index in [1.165, 1.54) is 6.07 Å². The van der Waals surface area contributed by atoms with Crippen LogP contribution >= 0.6 is 0 Å². The van der Waals surface area contributed by atoms with Gasteiger partial charge in [0, 0.05) is 18.5 Å². The summed E-state index contributed by atoms with van der Waals surface area (Å²) in [6, 6.07) is 16.1. The van der Waals surface area contributed by atoms with Gasteiger partial charge < -0.3 is 10.6 Å². The first-order valence-corrected chi connectivity index (χ1v) is 9.45. The molecule has 152 valence electrons. The summed E-state index contributed by atoms with van der Waals surface area (Å²) in [4.78, 5) is 9.05. The number of nitrogens with one attached hydrogen (secondary N) is 2. The number of nitrogens with zero attached hydrogens (tertiary/aromatic N) is 3. The number of hydrogen-bond donors (Lipinski definition) is 2. The van der Waals surface area contributed by atoms with Crippen LogP contribution in [0.5, 0.6) is 0 Å². The molecule has 0 aliphatic carbocycles. The van der Waals surface area contributed by atoms with Gasteiger partial charge in [0.1, 0.15) is 11.6 Å². The third kappa shape index (κ3) is 6.57. The SMILES string of the molecule is C=C/C=C/NCCNc1nc(-c2ccccc2F)nc2ccccc12.C=CCC#N. The van der Waals surface area contributed by atoms with E-state index >= 15 is 0 Å². The first kappa shape index (κ1) is 22.3. The highest BCUT2D eigenvalue weighted by atomic mass is 19.1. The van der Waals surface area contributed by atoms with Crippen LogP contribution in [-0.2, 0) is 0 Å². The Balaban J connectivity index is 0.000000575. The Bertz CT molecular complexity index is 1050. The minimum Gasteiger partial charge on any atom is -0.389 e. The highest BCUT2D eigenvalue weighted by molar-refractivity contribution is 5.90. The fourth-order valence-electron chi connectivity index (χ4n) is 2.51. The summed E-state index contributed by atoms with van der Waals surface area (Å²) in [6.45, 7) is 8.33. The van der Waals surface area contributed by atoms with E-state index in [9.17, 15) is 4.39 Å². The van der Waals surface area contributed by atoms with Gasteiger partial charge in [0.05, 0.1) is 23.6 Å². The number of rotatable bonds is 8. The van der Waals surface area contributed by atoms with E-state index in [-0.39, 0.29) is 5.82 Å². The molecule has 0 spiro atoms. The number of aromatic nitrogens is 2. The molecule has 0 saturated heterocycles. The minimum absolute atomic E-state index is 0.333. The number of anilines is 1. The molecule has 0 radical (unpaired) electrons. The van der Waals surface area contributed by atoms with Gasteiger partial charge in [0.15, 0.2) is 5.82 Å². The highest BCUT2D eigenvalue weighted by Gasteiger charge is 2.11. The van der Waals surface area contributed by atoms with Crippen LogP contribution in [0.3, 0.4) is 0 Å². The molecule has 3 aromatic rings. The first-order valence-electron chi connectivity index (χ1n) is 9.45. The summed E-state index contributed by atoms with van der Waals surface area (Å²) in [5.74, 6) is 0.733. The lowest BCUT2D eigenvalue weighted by Gasteiger charge is -2.11. The van der Waals surface area contributed by atoms with Crippen LogP contribution in [0.1, 0.15) is 6.42 Å². The highest BCUT2D eigenvalue weighted by Crippen LogP contribution is 2.26. The van der Waals surface area contributed by atoms with E-state index in [1.54, 1.807) is 30.4 Å². The molecule has 3 rings (SSSR count). The van der Waals surface area contributed by atoms with Crippen molar-refractivity contribution in [3.63, 3.8) is 0 Å². The second-order valence-electron chi connectivity index (χ2n) is 6.02. The van der Waals surface area contributed by atoms with E-state index in [0.717, 1.165) is 17.4 Å². The van der Waals surface area contributed by atoms with Crippen LogP contribution in [-0.4, -0.2) is 23.1 Å². The van der Waals surface area contributed by atoms with E-state index in [2.05, 4.69) is 33.8 Å². The summed E-state index contributed by atoms with van der Waals surface area (Å²) in [5.41, 5.74) is 1.17. The Morgan fingerprint density at radius 2 is 1.80 bits per heavy atom. The van der Waals surface area contributed by atoms with Crippen LogP contribution < -0.4 is 10.6 Å². The van der Waals surface area contributed by atoms with Crippen LogP contribution in [0.15, 0.2) is 86.1 Å². The number of nitriles is 1. The second-order valence-corrected chi connectivity index (χ2v) is 6.02. The zero-order valence-corrected chi connectivity index (χ0v) is 16.7. The summed E-state index contributed by atoms with van der Waals surface area (Å²) in [6.07, 6.45) is 7.40. The van der Waals surface area contributed by atoms with Crippen LogP contribution in [0, 0.1) is 17.1 Å². The van der Waals surface area contributed by atoms with Crippen molar-refractivity contribution in [2.45, 2.75) is 6.42 Å². The molecule has 0 atom stereocenters. The molecule has 0 saturated carbocycles. The van der Waals surface area contributed by atoms with Gasteiger partial charge in [-0.15, -0.1) is 6.58 Å². The minimum atomic E-state index is -0.333. The molecule has 30 heavy (non-hydrogen) atoms. The predicted octanol–water partition coefficient (Wildman–Crippen LogP) is 5.22. The standard InChI is InChI=1S/C20H19FN4.C4H5N/c1-2-3-12-22-13-14-23-19-16-9-5-7-11-18(16)24-20(25-19)15-8-4-6-10-17(15)21;1-2-3-4-5/h2-12,22H,1,13-14H2,(H,23,24,25);2H,1,3H2/b12-3+;. The van der Waals surface area contributed by atoms with Gasteiger partial charge in [0.25, 0.3) is 0 Å². The maximum Gasteiger partial charge on any atom is 0.165 e. The lowest BCUT2D eigenvalue weighted by Crippen LogP contribution is -2.18. The average molecular weight is 401 g/mol. The summed E-state index contributed by atoms with van der Waals surface area (Å²) >= 11 is 0. The molecule has 2 aromatic carbocycles. The lowest BCUT2D eigenvalue weighted by molar-refractivity contribution is 0.630. The summed E-state index contributed by atoms with van der Waals surface area (Å²) in [7, 11) is 0. The fraction of sp³-hybridized carbons (Fsp3) is 0.125. The number of benzene rings is 2. The molecule has 0 unspecified atom stereocenters. The van der Waals surface area contributed by atoms with Crippen molar-refractivity contribution in [3.05, 3.63) is 91.9 Å². The molecule has 0 aliphatic rings. The fourth-order valence-corrected chi connectivity index (χ4v) is 2.51. The third-order valence-electron chi connectivity index (χ3n) is 3.87. The van der Waals surface area contributed by atoms with Gasteiger partial charge in [0.2, 0.25) is 0 Å². The van der Waals surface area contributed by atoms with Crippen LogP contribution in [0.25, 0.3) is 22.3 Å². The molecule has 1 heterocycles. The van der Waals surface area contributed by atoms with Gasteiger partial charge in [-0.2, -0.15) is 5.26 Å². The number of halogens is 1. The van der Waals surface area contributed by atoms with Gasteiger partial charge in [-0.25, -0.2) is 14.4 Å². The molecule has 0 fully saturated rings. The number of fused-ring (bicyclic) bond motifs is 1. The predicted molar refractivity (Wildman–Crippen MR) is 121 cm³/mol. The molecule has 2 N–H and O–H groups in total. The Morgan fingerprint density at radius 3 is 2.50 bits per heavy atom. The van der Waals surface area contributed by atoms with Gasteiger partial charge in [-0.3, -0.25) is 0 Å². The molecule has 0 bridgehead atoms. The Morgan fingerprint density at radius 1 is 1.03 bits per heavy atom. The van der Waals surface area contributed by atoms with Crippen molar-refractivity contribution in [1.82, 2.24) is 15.3 Å². The second kappa shape index (κ2) is 12.5. The van der Waals surface area contributed by atoms with Crippen molar-refractivity contribution in [2.75, 3.05) is 18.4 Å². The molecule has 0 amide bonds. The Kier molecular flexibility index (Phi) is 9.28. The number of allylic oxidation sites excluding steroid dienone is 3. The molecule has 0 aliphatic heterocycles. The van der Waals surface area contributed by atoms with Gasteiger partial charge in [-0.05, 0) is 36.5 Å². The molecule has 6 heteroatoms. The van der Waals surface area contributed by atoms with Crippen LogP contribution in [0.2, 0.25) is 0 Å². The Labute approximate surface area is 176 Å². The maximum atomic E-state index is 14.1. The van der Waals surface area contributed by atoms with E-state index in [1.807, 2.05) is 42.6 Å². The number of hydrogen-bond acceptors (Lipinski definition) is 5. The van der Waals surface area contributed by atoms with Crippen molar-refractivity contribution < 1.29 is 4.39 Å². The zero-order valence-electron chi connectivity index (χ0n) is 16.7. The van der Waals surface area contributed by atoms with Gasteiger partial charge >= 0.3 is 0 Å². The van der Waals surface area contributed by atoms with E-state index in [4.69, 9.17) is 5.26 Å². The van der Waals surface area contributed by atoms with E-state index < -0.39 is 0 Å². The van der Waals surface area contributed by atoms with Crippen molar-refractivity contribution in [1.29, 1.82) is 5.26 Å². The summed E-state index contributed by atoms with van der Waals surface area (Å²) < 4.78 is 14.1. The van der Waals surface area contributed by atoms with Crippen LogP contribution in [0.4, 0.5) is 10.2 Å². The first-order chi connectivity index (χ1) is 14.7. The molecular formula is C24H24FN5. The van der Waals surface area contributed by atoms with Crippen molar-refractivity contribution in [2.24, 2.45) is 0 Å². The molecule has 5 nitrogen and oxygen atoms in total. The number of para-hydroxylation sites is 1. The summed E-state index contributed by atoms with van der Waals surface area (Å²) in [5, 5.41) is 15.1. The largest absolute Gasteiger partial charge is 0.389 e. The van der Waals surface area contributed by atoms with Crippen molar-refractivity contribution in [3.8, 4) is 17.5 Å². The quantitative estimate of drug-likeness (QED) is 0.307. The van der Waals surface area contributed by atoms with E-state index in [0.29, 0.717) is 30.2 Å². The van der Waals surface area contributed by atoms with Crippen molar-refractivity contribution >= 4 is 16.7 Å². The Hall–Kier alpha value is -3.98. The monoisotopic (exact) mass is 401 g/mol. The molecular weight excluding hydrogens is 377 g/mol. The smallest absolute Gasteiger partial charge is 0.165 e. The normalized spacial score (nSPS) is 10.0. The lowest BCUT2D eigenvalue weighted by atomic mass is 10.1. The third-order valence-corrected chi connectivity index (χ3v) is 3.87. The topological polar surface area (TPSA) is 73.6 Å². The zero-order chi connectivity index (χ0) is 21.6. The maximum absolute atomic E-state index is 14.1. The average Bonchev–Trinajstić information content (AvgIpc) is 2.77. The van der Waals surface area contributed by atoms with Gasteiger partial charge in [-0.1, -0.05) is 43.0 Å². The molecule has 1 aromatic heterocycles.